The average Bonchev–Trinajstić information content (AvgIpc) is 3.07. The van der Waals surface area contributed by atoms with Crippen LogP contribution in [0.25, 0.3) is 0 Å². The van der Waals surface area contributed by atoms with E-state index in [1.165, 1.54) is 0 Å². The number of carbonyl (C=O) groups excluding carboxylic acids is 1. The lowest BCUT2D eigenvalue weighted by Gasteiger charge is -2.06. The van der Waals surface area contributed by atoms with Crippen molar-refractivity contribution < 1.29 is 4.79 Å². The molecule has 2 nitrogen and oxygen atoms in total. The highest BCUT2D eigenvalue weighted by molar-refractivity contribution is 7.10. The predicted octanol–water partition coefficient (Wildman–Crippen LogP) is 5.05. The average molecular weight is 338 g/mol. The molecule has 1 aromatic heterocycles. The number of hydrogen-bond donors (Lipinski definition) is 1. The van der Waals surface area contributed by atoms with E-state index in [-0.39, 0.29) is 5.91 Å². The first-order valence-corrected chi connectivity index (χ1v) is 8.19. The summed E-state index contributed by atoms with van der Waals surface area (Å²) in [4.78, 5) is 13.3. The molecule has 0 spiro atoms. The van der Waals surface area contributed by atoms with Crippen molar-refractivity contribution in [2.75, 3.05) is 5.32 Å². The first-order chi connectivity index (χ1) is 11.2. The fourth-order valence-electron chi connectivity index (χ4n) is 2.00. The fraction of sp³-hybridized carbons (Fsp3) is 0. The standard InChI is InChI=1S/C19H12ClNOS/c20-18-9-2-1-8-17(18)19(22)21-15-6-3-5-14(13-15)10-11-16-7-4-12-23-16/h1-9,12-13H,(H,21,22). The predicted molar refractivity (Wildman–Crippen MR) is 96.1 cm³/mol. The zero-order valence-corrected chi connectivity index (χ0v) is 13.6. The van der Waals surface area contributed by atoms with Gasteiger partial charge in [-0.1, -0.05) is 47.7 Å². The van der Waals surface area contributed by atoms with E-state index >= 15 is 0 Å². The summed E-state index contributed by atoms with van der Waals surface area (Å²) >= 11 is 7.64. The smallest absolute Gasteiger partial charge is 0.257 e. The minimum atomic E-state index is -0.237. The summed E-state index contributed by atoms with van der Waals surface area (Å²) in [7, 11) is 0. The van der Waals surface area contributed by atoms with E-state index in [4.69, 9.17) is 11.6 Å². The number of benzene rings is 2. The molecule has 1 amide bonds. The zero-order valence-electron chi connectivity index (χ0n) is 12.0. The summed E-state index contributed by atoms with van der Waals surface area (Å²) in [5.41, 5.74) is 1.98. The summed E-state index contributed by atoms with van der Waals surface area (Å²) < 4.78 is 0. The largest absolute Gasteiger partial charge is 0.322 e. The Morgan fingerprint density at radius 2 is 1.87 bits per heavy atom. The number of thiophene rings is 1. The Balaban J connectivity index is 1.78. The minimum absolute atomic E-state index is 0.237. The molecule has 3 rings (SSSR count). The zero-order chi connectivity index (χ0) is 16.1. The summed E-state index contributed by atoms with van der Waals surface area (Å²) in [6, 6.07) is 18.3. The van der Waals surface area contributed by atoms with Crippen LogP contribution < -0.4 is 5.32 Å². The SMILES string of the molecule is O=C(Nc1cccc(C#Cc2cccs2)c1)c1ccccc1Cl. The molecule has 0 aliphatic rings. The van der Waals surface area contributed by atoms with E-state index in [1.807, 2.05) is 41.8 Å². The molecule has 0 radical (unpaired) electrons. The number of hydrogen-bond acceptors (Lipinski definition) is 2. The number of nitrogens with one attached hydrogen (secondary N) is 1. The second-order valence-electron chi connectivity index (χ2n) is 4.74. The van der Waals surface area contributed by atoms with Crippen LogP contribution in [0.1, 0.15) is 20.8 Å². The molecule has 4 heteroatoms. The van der Waals surface area contributed by atoms with Gasteiger partial charge in [-0.3, -0.25) is 4.79 Å². The van der Waals surface area contributed by atoms with Crippen LogP contribution in [0.4, 0.5) is 5.69 Å². The summed E-state index contributed by atoms with van der Waals surface area (Å²) in [5.74, 6) is 5.95. The minimum Gasteiger partial charge on any atom is -0.322 e. The van der Waals surface area contributed by atoms with Crippen molar-refractivity contribution in [3.63, 3.8) is 0 Å². The van der Waals surface area contributed by atoms with Gasteiger partial charge in [0.15, 0.2) is 0 Å². The molecule has 0 aliphatic carbocycles. The van der Waals surface area contributed by atoms with Gasteiger partial charge < -0.3 is 5.32 Å². The van der Waals surface area contributed by atoms with Crippen molar-refractivity contribution in [1.29, 1.82) is 0 Å². The van der Waals surface area contributed by atoms with Crippen LogP contribution >= 0.6 is 22.9 Å². The number of halogens is 1. The maximum Gasteiger partial charge on any atom is 0.257 e. The second kappa shape index (κ2) is 7.15. The molecule has 3 aromatic rings. The van der Waals surface area contributed by atoms with Gasteiger partial charge in [0, 0.05) is 11.3 Å². The molecule has 0 saturated carbocycles. The molecule has 0 unspecified atom stereocenters. The molecule has 23 heavy (non-hydrogen) atoms. The van der Waals surface area contributed by atoms with Gasteiger partial charge in [0.1, 0.15) is 0 Å². The van der Waals surface area contributed by atoms with Crippen LogP contribution in [0.2, 0.25) is 5.02 Å². The van der Waals surface area contributed by atoms with Crippen molar-refractivity contribution in [3.05, 3.63) is 87.1 Å². The van der Waals surface area contributed by atoms with Crippen LogP contribution in [0.15, 0.2) is 66.0 Å². The van der Waals surface area contributed by atoms with E-state index < -0.39 is 0 Å². The summed E-state index contributed by atoms with van der Waals surface area (Å²) in [5, 5.41) is 5.26. The van der Waals surface area contributed by atoms with Gasteiger partial charge in [0.2, 0.25) is 0 Å². The van der Waals surface area contributed by atoms with Crippen LogP contribution in [0.5, 0.6) is 0 Å². The topological polar surface area (TPSA) is 29.1 Å². The van der Waals surface area contributed by atoms with E-state index in [2.05, 4.69) is 17.2 Å². The van der Waals surface area contributed by atoms with Crippen molar-refractivity contribution in [3.8, 4) is 11.8 Å². The first-order valence-electron chi connectivity index (χ1n) is 6.94. The lowest BCUT2D eigenvalue weighted by atomic mass is 10.1. The van der Waals surface area contributed by atoms with Gasteiger partial charge in [-0.15, -0.1) is 11.3 Å². The molecule has 0 atom stereocenters. The Bertz CT molecular complexity index is 891. The van der Waals surface area contributed by atoms with Crippen molar-refractivity contribution in [2.45, 2.75) is 0 Å². The monoisotopic (exact) mass is 337 g/mol. The van der Waals surface area contributed by atoms with E-state index in [1.54, 1.807) is 35.6 Å². The van der Waals surface area contributed by atoms with Crippen LogP contribution in [0.3, 0.4) is 0 Å². The maximum atomic E-state index is 12.3. The molecule has 1 N–H and O–H groups in total. The normalized spacial score (nSPS) is 9.78. The Morgan fingerprint density at radius 1 is 1.00 bits per heavy atom. The highest BCUT2D eigenvalue weighted by Crippen LogP contribution is 2.18. The quantitative estimate of drug-likeness (QED) is 0.651. The number of carbonyl (C=O) groups is 1. The number of anilines is 1. The third kappa shape index (κ3) is 4.01. The molecule has 0 saturated heterocycles. The highest BCUT2D eigenvalue weighted by atomic mass is 35.5. The van der Waals surface area contributed by atoms with E-state index in [0.29, 0.717) is 16.3 Å². The Morgan fingerprint density at radius 3 is 2.65 bits per heavy atom. The summed E-state index contributed by atoms with van der Waals surface area (Å²) in [6.07, 6.45) is 0. The molecule has 2 aromatic carbocycles. The lowest BCUT2D eigenvalue weighted by molar-refractivity contribution is 0.102. The second-order valence-corrected chi connectivity index (χ2v) is 6.10. The molecule has 1 heterocycles. The lowest BCUT2D eigenvalue weighted by Crippen LogP contribution is -2.12. The van der Waals surface area contributed by atoms with Gasteiger partial charge in [-0.2, -0.15) is 0 Å². The Hall–Kier alpha value is -2.54. The van der Waals surface area contributed by atoms with E-state index in [0.717, 1.165) is 10.4 Å². The molecular weight excluding hydrogens is 326 g/mol. The van der Waals surface area contributed by atoms with Gasteiger partial charge in [0.25, 0.3) is 5.91 Å². The van der Waals surface area contributed by atoms with Gasteiger partial charge in [0.05, 0.1) is 15.5 Å². The third-order valence-corrected chi connectivity index (χ3v) is 4.21. The summed E-state index contributed by atoms with van der Waals surface area (Å²) in [6.45, 7) is 0. The van der Waals surface area contributed by atoms with Crippen LogP contribution in [-0.2, 0) is 0 Å². The first kappa shape index (κ1) is 15.4. The van der Waals surface area contributed by atoms with Crippen LogP contribution in [0, 0.1) is 11.8 Å². The molecule has 0 aliphatic heterocycles. The van der Waals surface area contributed by atoms with Gasteiger partial charge in [-0.25, -0.2) is 0 Å². The van der Waals surface area contributed by atoms with E-state index in [9.17, 15) is 4.79 Å². The molecular formula is C19H12ClNOS. The number of rotatable bonds is 2. The fourth-order valence-corrected chi connectivity index (χ4v) is 2.79. The van der Waals surface area contributed by atoms with Crippen molar-refractivity contribution in [1.82, 2.24) is 0 Å². The Kier molecular flexibility index (Phi) is 4.77. The highest BCUT2D eigenvalue weighted by Gasteiger charge is 2.09. The maximum absolute atomic E-state index is 12.3. The molecule has 0 bridgehead atoms. The third-order valence-electron chi connectivity index (χ3n) is 3.09. The van der Waals surface area contributed by atoms with Gasteiger partial charge in [-0.05, 0) is 41.8 Å². The van der Waals surface area contributed by atoms with Gasteiger partial charge >= 0.3 is 0 Å². The van der Waals surface area contributed by atoms with Crippen molar-refractivity contribution in [2.24, 2.45) is 0 Å². The van der Waals surface area contributed by atoms with Crippen LogP contribution in [-0.4, -0.2) is 5.91 Å². The molecule has 0 fully saturated rings. The van der Waals surface area contributed by atoms with Crippen molar-refractivity contribution >= 4 is 34.5 Å². The molecule has 112 valence electrons. The number of amides is 1. The Labute approximate surface area is 143 Å².